The van der Waals surface area contributed by atoms with Crippen LogP contribution in [0.3, 0.4) is 0 Å². The van der Waals surface area contributed by atoms with E-state index in [0.717, 1.165) is 36.1 Å². The molecular weight excluding hydrogens is 266 g/mol. The average molecular weight is 285 g/mol. The number of allylic oxidation sites excluding steroid dienone is 1. The number of rotatable bonds is 4. The first kappa shape index (κ1) is 13.8. The summed E-state index contributed by atoms with van der Waals surface area (Å²) in [6.07, 6.45) is 4.85. The van der Waals surface area contributed by atoms with Gasteiger partial charge in [-0.25, -0.2) is 0 Å². The van der Waals surface area contributed by atoms with Gasteiger partial charge in [0.2, 0.25) is 0 Å². The van der Waals surface area contributed by atoms with Crippen molar-refractivity contribution in [3.05, 3.63) is 41.5 Å². The topological polar surface area (TPSA) is 74.2 Å². The summed E-state index contributed by atoms with van der Waals surface area (Å²) in [5.74, 6) is 1.94. The highest BCUT2D eigenvalue weighted by molar-refractivity contribution is 5.78. The van der Waals surface area contributed by atoms with Crippen LogP contribution in [0.2, 0.25) is 0 Å². The number of hydrogen-bond acceptors (Lipinski definition) is 5. The van der Waals surface area contributed by atoms with E-state index >= 15 is 0 Å². The lowest BCUT2D eigenvalue weighted by atomic mass is 9.77. The normalized spacial score (nSPS) is 17.4. The minimum Gasteiger partial charge on any atom is -0.497 e. The van der Waals surface area contributed by atoms with Crippen LogP contribution in [-0.4, -0.2) is 17.3 Å². The monoisotopic (exact) mass is 285 g/mol. The lowest BCUT2D eigenvalue weighted by Gasteiger charge is -2.34. The third kappa shape index (κ3) is 2.69. The first-order valence-electron chi connectivity index (χ1n) is 7.06. The number of nitrogens with zero attached hydrogens (tertiary/aromatic N) is 2. The van der Waals surface area contributed by atoms with E-state index in [2.05, 4.69) is 10.1 Å². The molecule has 1 aromatic heterocycles. The third-order valence-electron chi connectivity index (χ3n) is 4.02. The fourth-order valence-electron chi connectivity index (χ4n) is 2.40. The van der Waals surface area contributed by atoms with Crippen LogP contribution < -0.4 is 10.5 Å². The number of aromatic nitrogens is 2. The minimum atomic E-state index is -0.385. The molecule has 1 saturated carbocycles. The maximum Gasteiger partial charge on any atom is 0.250 e. The molecule has 0 radical (unpaired) electrons. The molecule has 0 unspecified atom stereocenters. The number of nitrogens with two attached hydrogens (primary N) is 1. The number of hydrogen-bond donors (Lipinski definition) is 1. The van der Waals surface area contributed by atoms with Crippen LogP contribution >= 0.6 is 0 Å². The van der Waals surface area contributed by atoms with Gasteiger partial charge in [-0.3, -0.25) is 0 Å². The summed E-state index contributed by atoms with van der Waals surface area (Å²) in [7, 11) is 1.65. The van der Waals surface area contributed by atoms with E-state index in [-0.39, 0.29) is 5.54 Å². The molecule has 0 aliphatic heterocycles. The smallest absolute Gasteiger partial charge is 0.250 e. The van der Waals surface area contributed by atoms with Crippen molar-refractivity contribution in [1.29, 1.82) is 0 Å². The lowest BCUT2D eigenvalue weighted by Crippen LogP contribution is -2.44. The number of ether oxygens (including phenoxy) is 1. The van der Waals surface area contributed by atoms with E-state index in [1.807, 2.05) is 37.3 Å². The van der Waals surface area contributed by atoms with Gasteiger partial charge >= 0.3 is 0 Å². The van der Waals surface area contributed by atoms with E-state index in [4.69, 9.17) is 15.0 Å². The van der Waals surface area contributed by atoms with Gasteiger partial charge in [-0.05, 0) is 49.5 Å². The van der Waals surface area contributed by atoms with Crippen molar-refractivity contribution < 1.29 is 9.26 Å². The number of benzene rings is 1. The molecule has 3 rings (SSSR count). The lowest BCUT2D eigenvalue weighted by molar-refractivity contribution is 0.229. The van der Waals surface area contributed by atoms with Gasteiger partial charge in [0.25, 0.3) is 5.89 Å². The van der Waals surface area contributed by atoms with E-state index in [9.17, 15) is 0 Å². The molecule has 2 aromatic rings. The maximum absolute atomic E-state index is 6.19. The Morgan fingerprint density at radius 1 is 1.33 bits per heavy atom. The third-order valence-corrected chi connectivity index (χ3v) is 4.02. The van der Waals surface area contributed by atoms with Gasteiger partial charge in [0, 0.05) is 6.08 Å². The zero-order chi connectivity index (χ0) is 14.9. The van der Waals surface area contributed by atoms with E-state index < -0.39 is 0 Å². The summed E-state index contributed by atoms with van der Waals surface area (Å²) >= 11 is 0. The average Bonchev–Trinajstić information content (AvgIpc) is 2.93. The van der Waals surface area contributed by atoms with Gasteiger partial charge in [-0.2, -0.15) is 4.98 Å². The van der Waals surface area contributed by atoms with Crippen LogP contribution in [0.4, 0.5) is 0 Å². The quantitative estimate of drug-likeness (QED) is 0.934. The molecule has 0 spiro atoms. The van der Waals surface area contributed by atoms with Crippen LogP contribution in [0.5, 0.6) is 5.75 Å². The molecule has 5 heteroatoms. The first-order valence-corrected chi connectivity index (χ1v) is 7.06. The molecular formula is C16H19N3O2. The maximum atomic E-state index is 6.19. The van der Waals surface area contributed by atoms with E-state index in [1.165, 1.54) is 0 Å². The molecule has 0 bridgehead atoms. The Morgan fingerprint density at radius 3 is 2.62 bits per heavy atom. The number of methoxy groups -OCH3 is 1. The van der Waals surface area contributed by atoms with Crippen molar-refractivity contribution in [2.24, 2.45) is 5.73 Å². The molecule has 1 aromatic carbocycles. The van der Waals surface area contributed by atoms with Crippen molar-refractivity contribution in [3.8, 4) is 5.75 Å². The predicted octanol–water partition coefficient (Wildman–Crippen LogP) is 2.98. The molecule has 0 atom stereocenters. The zero-order valence-electron chi connectivity index (χ0n) is 12.3. The molecule has 0 amide bonds. The fourth-order valence-corrected chi connectivity index (χ4v) is 2.40. The summed E-state index contributed by atoms with van der Waals surface area (Å²) in [5.41, 5.74) is 7.94. The summed E-state index contributed by atoms with van der Waals surface area (Å²) in [6.45, 7) is 2.01. The Labute approximate surface area is 123 Å². The second-order valence-electron chi connectivity index (χ2n) is 5.52. The molecule has 1 aliphatic rings. The fraction of sp³-hybridized carbons (Fsp3) is 0.375. The van der Waals surface area contributed by atoms with Crippen molar-refractivity contribution in [2.45, 2.75) is 31.7 Å². The molecule has 21 heavy (non-hydrogen) atoms. The van der Waals surface area contributed by atoms with Gasteiger partial charge in [0.05, 0.1) is 12.6 Å². The van der Waals surface area contributed by atoms with Gasteiger partial charge in [0.15, 0.2) is 5.82 Å². The molecule has 1 heterocycles. The Kier molecular flexibility index (Phi) is 3.51. The van der Waals surface area contributed by atoms with E-state index in [0.29, 0.717) is 11.7 Å². The van der Waals surface area contributed by atoms with Crippen molar-refractivity contribution in [2.75, 3.05) is 7.11 Å². The second-order valence-corrected chi connectivity index (χ2v) is 5.52. The molecule has 1 aliphatic carbocycles. The van der Waals surface area contributed by atoms with Gasteiger partial charge in [0.1, 0.15) is 5.75 Å². The molecule has 0 saturated heterocycles. The van der Waals surface area contributed by atoms with Crippen molar-refractivity contribution >= 4 is 11.6 Å². The predicted molar refractivity (Wildman–Crippen MR) is 80.6 cm³/mol. The van der Waals surface area contributed by atoms with E-state index in [1.54, 1.807) is 7.11 Å². The summed E-state index contributed by atoms with van der Waals surface area (Å²) in [5, 5.41) is 4.01. The second kappa shape index (κ2) is 5.33. The van der Waals surface area contributed by atoms with Crippen LogP contribution in [0.1, 0.15) is 43.5 Å². The highest BCUT2D eigenvalue weighted by Gasteiger charge is 2.38. The summed E-state index contributed by atoms with van der Waals surface area (Å²) < 4.78 is 10.4. The SMILES string of the molecule is COc1ccc(/C(C)=C/c2nc(C3(N)CCC3)no2)cc1. The van der Waals surface area contributed by atoms with Gasteiger partial charge < -0.3 is 15.0 Å². The minimum absolute atomic E-state index is 0.385. The summed E-state index contributed by atoms with van der Waals surface area (Å²) in [4.78, 5) is 4.40. The zero-order valence-corrected chi connectivity index (χ0v) is 12.3. The van der Waals surface area contributed by atoms with Crippen molar-refractivity contribution in [3.63, 3.8) is 0 Å². The van der Waals surface area contributed by atoms with Crippen LogP contribution in [0, 0.1) is 0 Å². The van der Waals surface area contributed by atoms with Crippen LogP contribution in [-0.2, 0) is 5.54 Å². The van der Waals surface area contributed by atoms with Gasteiger partial charge in [-0.15, -0.1) is 0 Å². The van der Waals surface area contributed by atoms with Crippen LogP contribution in [0.25, 0.3) is 11.6 Å². The van der Waals surface area contributed by atoms with Crippen molar-refractivity contribution in [1.82, 2.24) is 10.1 Å². The Morgan fingerprint density at radius 2 is 2.05 bits per heavy atom. The van der Waals surface area contributed by atoms with Crippen LogP contribution in [0.15, 0.2) is 28.8 Å². The molecule has 110 valence electrons. The molecule has 2 N–H and O–H groups in total. The Hall–Kier alpha value is -2.14. The largest absolute Gasteiger partial charge is 0.497 e. The summed E-state index contributed by atoms with van der Waals surface area (Å²) in [6, 6.07) is 7.85. The first-order chi connectivity index (χ1) is 10.1. The standard InChI is InChI=1S/C16H19N3O2/c1-11(12-4-6-13(20-2)7-5-12)10-14-18-15(19-21-14)16(17)8-3-9-16/h4-7,10H,3,8-9,17H2,1-2H3/b11-10+. The molecule has 1 fully saturated rings. The van der Waals surface area contributed by atoms with Gasteiger partial charge in [-0.1, -0.05) is 17.3 Å². The highest BCUT2D eigenvalue weighted by atomic mass is 16.5. The highest BCUT2D eigenvalue weighted by Crippen LogP contribution is 2.37. The molecule has 5 nitrogen and oxygen atoms in total. The Bertz CT molecular complexity index is 654. The Balaban J connectivity index is 1.80.